The van der Waals surface area contributed by atoms with Crippen LogP contribution in [0.15, 0.2) is 48.6 Å². The molecule has 0 saturated heterocycles. The van der Waals surface area contributed by atoms with E-state index in [1.54, 1.807) is 0 Å². The van der Waals surface area contributed by atoms with Crippen LogP contribution in [0.5, 0.6) is 0 Å². The third-order valence-corrected chi connectivity index (χ3v) is 13.5. The lowest BCUT2D eigenvalue weighted by atomic mass is 10.1. The highest BCUT2D eigenvalue weighted by atomic mass is 31.2. The van der Waals surface area contributed by atoms with Crippen LogP contribution in [0.2, 0.25) is 0 Å². The van der Waals surface area contributed by atoms with Gasteiger partial charge in [-0.3, -0.25) is 14.2 Å². The van der Waals surface area contributed by atoms with Crippen molar-refractivity contribution >= 4 is 19.7 Å². The van der Waals surface area contributed by atoms with Crippen molar-refractivity contribution in [1.82, 2.24) is 5.32 Å². The quantitative estimate of drug-likeness (QED) is 0.0212. The number of allylic oxidation sites excluding steroid dienone is 7. The molecule has 0 fully saturated rings. The molecule has 0 radical (unpaired) electrons. The average Bonchev–Trinajstić information content (AvgIpc) is 3.29. The fourth-order valence-corrected chi connectivity index (χ4v) is 8.81. The van der Waals surface area contributed by atoms with Gasteiger partial charge in [-0.05, 0) is 83.1 Å². The first-order chi connectivity index (χ1) is 32.9. The van der Waals surface area contributed by atoms with Gasteiger partial charge >= 0.3 is 5.97 Å². The van der Waals surface area contributed by atoms with Gasteiger partial charge in [-0.15, -0.1) is 0 Å². The van der Waals surface area contributed by atoms with Crippen LogP contribution in [0, 0.1) is 0 Å². The highest BCUT2D eigenvalue weighted by Gasteiger charge is 2.27. The molecular weight excluding hydrogens is 868 g/mol. The number of unbranched alkanes of at least 4 members (excludes halogenated alkanes) is 29. The van der Waals surface area contributed by atoms with E-state index in [-0.39, 0.29) is 24.9 Å². The third-order valence-electron chi connectivity index (χ3n) is 12.5. The van der Waals surface area contributed by atoms with E-state index in [4.69, 9.17) is 13.8 Å². The van der Waals surface area contributed by atoms with Crippen molar-refractivity contribution in [3.05, 3.63) is 48.6 Å². The predicted molar refractivity (Wildman–Crippen MR) is 289 cm³/mol. The van der Waals surface area contributed by atoms with Gasteiger partial charge in [0, 0.05) is 12.8 Å². The number of phosphoric ester groups is 1. The summed E-state index contributed by atoms with van der Waals surface area (Å²) in [5.41, 5.74) is 0. The summed E-state index contributed by atoms with van der Waals surface area (Å²) >= 11 is 0. The monoisotopic (exact) mass is 977 g/mol. The number of ether oxygens (including phenoxy) is 1. The standard InChI is InChI=1S/C58H109N2O7P/c1-7-10-13-16-19-22-25-27-29-30-31-33-36-39-42-45-48-51-58(62)67-56(49-46-43-40-37-34-24-21-18-15-12-9-3)55(54-66-68(63,64)65-53-52-60(4,5)6)59-57(61)50-47-44-41-38-35-32-28-26-23-20-17-14-11-8-2/h11,14,20,23,27,29,46,49,55-56H,7-10,12-13,15-19,21-22,24-26,28,30-45,47-48,50-54H2,1-6H3,(H-,59,61,63,64)/b14-11+,23-20+,29-27+,49-46+. The van der Waals surface area contributed by atoms with Crippen molar-refractivity contribution in [3.63, 3.8) is 0 Å². The van der Waals surface area contributed by atoms with Crippen molar-refractivity contribution in [2.45, 2.75) is 270 Å². The van der Waals surface area contributed by atoms with Crippen molar-refractivity contribution in [2.75, 3.05) is 40.9 Å². The molecule has 68 heavy (non-hydrogen) atoms. The lowest BCUT2D eigenvalue weighted by Gasteiger charge is -2.30. The number of rotatable bonds is 51. The summed E-state index contributed by atoms with van der Waals surface area (Å²) in [6.45, 7) is 6.72. The molecule has 0 aromatic rings. The first-order valence-corrected chi connectivity index (χ1v) is 29.9. The molecule has 0 aliphatic heterocycles. The first kappa shape index (κ1) is 66.0. The molecule has 0 aliphatic carbocycles. The van der Waals surface area contributed by atoms with Gasteiger partial charge in [0.15, 0.2) is 0 Å². The van der Waals surface area contributed by atoms with Gasteiger partial charge in [0.05, 0.1) is 33.8 Å². The maximum Gasteiger partial charge on any atom is 0.306 e. The maximum atomic E-state index is 13.4. The Bertz CT molecular complexity index is 1310. The van der Waals surface area contributed by atoms with Gasteiger partial charge < -0.3 is 28.5 Å². The molecule has 0 bridgehead atoms. The molecule has 9 nitrogen and oxygen atoms in total. The zero-order chi connectivity index (χ0) is 50.1. The van der Waals surface area contributed by atoms with Gasteiger partial charge in [0.25, 0.3) is 7.82 Å². The highest BCUT2D eigenvalue weighted by molar-refractivity contribution is 7.45. The van der Waals surface area contributed by atoms with Crippen molar-refractivity contribution in [1.29, 1.82) is 0 Å². The Morgan fingerprint density at radius 2 is 0.941 bits per heavy atom. The molecule has 10 heteroatoms. The molecule has 1 N–H and O–H groups in total. The fraction of sp³-hybridized carbons (Fsp3) is 0.828. The lowest BCUT2D eigenvalue weighted by Crippen LogP contribution is -2.47. The normalized spacial score (nSPS) is 14.2. The van der Waals surface area contributed by atoms with Crippen LogP contribution in [0.25, 0.3) is 0 Å². The summed E-state index contributed by atoms with van der Waals surface area (Å²) in [5.74, 6) is -0.553. The number of quaternary nitrogens is 1. The summed E-state index contributed by atoms with van der Waals surface area (Å²) < 4.78 is 30.2. The van der Waals surface area contributed by atoms with Crippen LogP contribution in [-0.4, -0.2) is 69.4 Å². The average molecular weight is 977 g/mol. The van der Waals surface area contributed by atoms with E-state index in [1.807, 2.05) is 33.3 Å². The van der Waals surface area contributed by atoms with Gasteiger partial charge in [0.1, 0.15) is 19.3 Å². The Hall–Kier alpha value is -2.03. The SMILES string of the molecule is CC/C=C/C/C=C/CCCCCCCCCC(=O)NC(COP(=O)([O-])OCC[N+](C)(C)C)C(/C=C/CCCCCCCCCCC)OC(=O)CCCCCCCCC/C=C/CCCCCCCC. The second kappa shape index (κ2) is 48.6. The molecule has 1 amide bonds. The Morgan fingerprint density at radius 3 is 1.41 bits per heavy atom. The van der Waals surface area contributed by atoms with Gasteiger partial charge in [-0.2, -0.15) is 0 Å². The van der Waals surface area contributed by atoms with Crippen LogP contribution >= 0.6 is 7.82 Å². The minimum Gasteiger partial charge on any atom is -0.756 e. The molecule has 3 unspecified atom stereocenters. The Labute approximate surface area is 420 Å². The van der Waals surface area contributed by atoms with E-state index >= 15 is 0 Å². The summed E-state index contributed by atoms with van der Waals surface area (Å²) in [5, 5.41) is 3.01. The van der Waals surface area contributed by atoms with Crippen molar-refractivity contribution in [2.24, 2.45) is 0 Å². The zero-order valence-corrected chi connectivity index (χ0v) is 46.2. The summed E-state index contributed by atoms with van der Waals surface area (Å²) in [7, 11) is 1.18. The van der Waals surface area contributed by atoms with E-state index in [0.29, 0.717) is 17.4 Å². The van der Waals surface area contributed by atoms with Crippen LogP contribution < -0.4 is 10.2 Å². The highest BCUT2D eigenvalue weighted by Crippen LogP contribution is 2.38. The van der Waals surface area contributed by atoms with E-state index in [0.717, 1.165) is 96.3 Å². The Balaban J connectivity index is 5.32. The minimum atomic E-state index is -4.69. The number of phosphoric acid groups is 1. The Kier molecular flexibility index (Phi) is 47.1. The van der Waals surface area contributed by atoms with Gasteiger partial charge in [-0.1, -0.05) is 211 Å². The van der Waals surface area contributed by atoms with Gasteiger partial charge in [-0.25, -0.2) is 0 Å². The molecule has 0 aromatic heterocycles. The summed E-state index contributed by atoms with van der Waals surface area (Å²) in [6.07, 6.45) is 57.9. The van der Waals surface area contributed by atoms with Gasteiger partial charge in [0.2, 0.25) is 5.91 Å². The van der Waals surface area contributed by atoms with E-state index < -0.39 is 26.6 Å². The van der Waals surface area contributed by atoms with E-state index in [1.165, 1.54) is 128 Å². The molecule has 0 saturated carbocycles. The van der Waals surface area contributed by atoms with Crippen LogP contribution in [0.1, 0.15) is 258 Å². The van der Waals surface area contributed by atoms with Crippen LogP contribution in [0.3, 0.4) is 0 Å². The zero-order valence-electron chi connectivity index (χ0n) is 45.3. The van der Waals surface area contributed by atoms with Crippen molar-refractivity contribution < 1.29 is 37.3 Å². The number of carbonyl (C=O) groups is 2. The largest absolute Gasteiger partial charge is 0.756 e. The Morgan fingerprint density at radius 1 is 0.529 bits per heavy atom. The number of hydrogen-bond acceptors (Lipinski definition) is 7. The number of esters is 1. The predicted octanol–water partition coefficient (Wildman–Crippen LogP) is 16.3. The first-order valence-electron chi connectivity index (χ1n) is 28.4. The second-order valence-corrected chi connectivity index (χ2v) is 21.8. The van der Waals surface area contributed by atoms with Crippen LogP contribution in [-0.2, 0) is 27.9 Å². The number of amides is 1. The minimum absolute atomic E-state index is 0.0248. The molecule has 0 aliphatic rings. The number of carbonyl (C=O) groups excluding carboxylic acids is 2. The van der Waals surface area contributed by atoms with Crippen molar-refractivity contribution in [3.8, 4) is 0 Å². The molecular formula is C58H109N2O7P. The molecule has 0 spiro atoms. The molecule has 398 valence electrons. The molecule has 0 rings (SSSR count). The number of hydrogen-bond donors (Lipinski definition) is 1. The molecule has 0 aromatic carbocycles. The smallest absolute Gasteiger partial charge is 0.306 e. The number of nitrogens with one attached hydrogen (secondary N) is 1. The van der Waals surface area contributed by atoms with Crippen LogP contribution in [0.4, 0.5) is 0 Å². The van der Waals surface area contributed by atoms with E-state index in [2.05, 4.69) is 62.5 Å². The summed E-state index contributed by atoms with van der Waals surface area (Å²) in [4.78, 5) is 39.8. The lowest BCUT2D eigenvalue weighted by molar-refractivity contribution is -0.870. The maximum absolute atomic E-state index is 13.4. The third kappa shape index (κ3) is 49.0. The molecule has 0 heterocycles. The summed E-state index contributed by atoms with van der Waals surface area (Å²) in [6, 6.07) is -0.891. The number of nitrogens with zero attached hydrogens (tertiary/aromatic N) is 1. The second-order valence-electron chi connectivity index (χ2n) is 20.4. The molecule has 3 atom stereocenters. The fourth-order valence-electron chi connectivity index (χ4n) is 8.08. The number of likely N-dealkylation sites (N-methyl/N-ethyl adjacent to an activating group) is 1. The van der Waals surface area contributed by atoms with E-state index in [9.17, 15) is 19.0 Å². The topological polar surface area (TPSA) is 114 Å².